The molecule has 1 N–H and O–H groups in total. The van der Waals surface area contributed by atoms with E-state index in [1.165, 1.54) is 5.56 Å². The van der Waals surface area contributed by atoms with Gasteiger partial charge in [-0.15, -0.1) is 0 Å². The quantitative estimate of drug-likeness (QED) is 0.685. The summed E-state index contributed by atoms with van der Waals surface area (Å²) in [6, 6.07) is 8.22. The highest BCUT2D eigenvalue weighted by molar-refractivity contribution is 5.26. The standard InChI is InChI=1S/C15H25NO2/c1-4-14(12-16-10-5-11-17-3)18-15-8-6-13(2)7-9-15/h6-9,14,16H,4-5,10-12H2,1-3H3. The van der Waals surface area contributed by atoms with Gasteiger partial charge in [0.2, 0.25) is 0 Å². The van der Waals surface area contributed by atoms with E-state index in [0.717, 1.165) is 38.3 Å². The highest BCUT2D eigenvalue weighted by atomic mass is 16.5. The zero-order valence-electron chi connectivity index (χ0n) is 11.7. The first kappa shape index (κ1) is 15.0. The van der Waals surface area contributed by atoms with Gasteiger partial charge in [-0.2, -0.15) is 0 Å². The predicted octanol–water partition coefficient (Wildman–Crippen LogP) is 2.78. The van der Waals surface area contributed by atoms with Gasteiger partial charge < -0.3 is 14.8 Å². The van der Waals surface area contributed by atoms with Crippen molar-refractivity contribution in [2.45, 2.75) is 32.8 Å². The third kappa shape index (κ3) is 6.03. The molecule has 1 aromatic rings. The van der Waals surface area contributed by atoms with Crippen LogP contribution in [0.5, 0.6) is 5.75 Å². The molecule has 0 aliphatic rings. The molecule has 0 fully saturated rings. The molecule has 3 nitrogen and oxygen atoms in total. The lowest BCUT2D eigenvalue weighted by Gasteiger charge is -2.18. The van der Waals surface area contributed by atoms with Crippen LogP contribution in [-0.4, -0.2) is 32.9 Å². The SMILES string of the molecule is CCC(CNCCCOC)Oc1ccc(C)cc1. The Hall–Kier alpha value is -1.06. The molecule has 1 unspecified atom stereocenters. The van der Waals surface area contributed by atoms with E-state index >= 15 is 0 Å². The normalized spacial score (nSPS) is 12.4. The van der Waals surface area contributed by atoms with Crippen LogP contribution in [0.15, 0.2) is 24.3 Å². The Morgan fingerprint density at radius 2 is 1.94 bits per heavy atom. The molecule has 0 heterocycles. The highest BCUT2D eigenvalue weighted by Gasteiger charge is 2.07. The lowest BCUT2D eigenvalue weighted by molar-refractivity contribution is 0.180. The molecular weight excluding hydrogens is 226 g/mol. The maximum Gasteiger partial charge on any atom is 0.119 e. The Kier molecular flexibility index (Phi) is 7.46. The molecular formula is C15H25NO2. The van der Waals surface area contributed by atoms with Gasteiger partial charge in [-0.1, -0.05) is 24.6 Å². The average molecular weight is 251 g/mol. The minimum Gasteiger partial charge on any atom is -0.489 e. The Morgan fingerprint density at radius 3 is 2.56 bits per heavy atom. The number of nitrogens with one attached hydrogen (secondary N) is 1. The molecule has 3 heteroatoms. The van der Waals surface area contributed by atoms with Crippen LogP contribution in [0.4, 0.5) is 0 Å². The summed E-state index contributed by atoms with van der Waals surface area (Å²) in [7, 11) is 1.73. The largest absolute Gasteiger partial charge is 0.489 e. The van der Waals surface area contributed by atoms with Gasteiger partial charge in [0.05, 0.1) is 0 Å². The monoisotopic (exact) mass is 251 g/mol. The van der Waals surface area contributed by atoms with Gasteiger partial charge in [-0.25, -0.2) is 0 Å². The number of benzene rings is 1. The van der Waals surface area contributed by atoms with Crippen LogP contribution >= 0.6 is 0 Å². The van der Waals surface area contributed by atoms with Crippen LogP contribution in [0.3, 0.4) is 0 Å². The van der Waals surface area contributed by atoms with Crippen molar-refractivity contribution in [1.82, 2.24) is 5.32 Å². The van der Waals surface area contributed by atoms with Crippen LogP contribution in [-0.2, 0) is 4.74 Å². The Bertz CT molecular complexity index is 311. The van der Waals surface area contributed by atoms with Gasteiger partial charge in [0.25, 0.3) is 0 Å². The minimum absolute atomic E-state index is 0.232. The molecule has 0 bridgehead atoms. The van der Waals surface area contributed by atoms with E-state index in [1.54, 1.807) is 7.11 Å². The van der Waals surface area contributed by atoms with Gasteiger partial charge in [0.1, 0.15) is 11.9 Å². The van der Waals surface area contributed by atoms with E-state index in [0.29, 0.717) is 0 Å². The lowest BCUT2D eigenvalue weighted by atomic mass is 10.2. The van der Waals surface area contributed by atoms with Crippen LogP contribution in [0.25, 0.3) is 0 Å². The zero-order chi connectivity index (χ0) is 13.2. The van der Waals surface area contributed by atoms with Crippen molar-refractivity contribution in [3.05, 3.63) is 29.8 Å². The summed E-state index contributed by atoms with van der Waals surface area (Å²) in [6.07, 6.45) is 2.28. The minimum atomic E-state index is 0.232. The smallest absolute Gasteiger partial charge is 0.119 e. The highest BCUT2D eigenvalue weighted by Crippen LogP contribution is 2.14. The van der Waals surface area contributed by atoms with Crippen molar-refractivity contribution in [2.75, 3.05) is 26.8 Å². The molecule has 0 aliphatic heterocycles. The number of ether oxygens (including phenoxy) is 2. The molecule has 18 heavy (non-hydrogen) atoms. The second-order valence-corrected chi connectivity index (χ2v) is 4.51. The fourth-order valence-electron chi connectivity index (χ4n) is 1.68. The van der Waals surface area contributed by atoms with Crippen molar-refractivity contribution in [2.24, 2.45) is 0 Å². The fraction of sp³-hybridized carbons (Fsp3) is 0.600. The lowest BCUT2D eigenvalue weighted by Crippen LogP contribution is -2.31. The average Bonchev–Trinajstić information content (AvgIpc) is 2.39. The van der Waals surface area contributed by atoms with Crippen LogP contribution < -0.4 is 10.1 Å². The van der Waals surface area contributed by atoms with E-state index in [9.17, 15) is 0 Å². The summed E-state index contributed by atoms with van der Waals surface area (Å²) in [5.74, 6) is 0.950. The fourth-order valence-corrected chi connectivity index (χ4v) is 1.68. The molecule has 1 aromatic carbocycles. The van der Waals surface area contributed by atoms with Gasteiger partial charge in [0.15, 0.2) is 0 Å². The maximum absolute atomic E-state index is 5.93. The summed E-state index contributed by atoms with van der Waals surface area (Å²) in [4.78, 5) is 0. The van der Waals surface area contributed by atoms with E-state index in [4.69, 9.17) is 9.47 Å². The molecule has 0 radical (unpaired) electrons. The second-order valence-electron chi connectivity index (χ2n) is 4.51. The third-order valence-electron chi connectivity index (χ3n) is 2.85. The molecule has 0 aromatic heterocycles. The topological polar surface area (TPSA) is 30.5 Å². The maximum atomic E-state index is 5.93. The zero-order valence-corrected chi connectivity index (χ0v) is 11.7. The van der Waals surface area contributed by atoms with Crippen molar-refractivity contribution in [3.63, 3.8) is 0 Å². The summed E-state index contributed by atoms with van der Waals surface area (Å²) in [5, 5.41) is 3.40. The van der Waals surface area contributed by atoms with Gasteiger partial charge >= 0.3 is 0 Å². The number of rotatable bonds is 9. The Balaban J connectivity index is 2.26. The first-order valence-corrected chi connectivity index (χ1v) is 6.69. The van der Waals surface area contributed by atoms with Crippen molar-refractivity contribution < 1.29 is 9.47 Å². The van der Waals surface area contributed by atoms with Gasteiger partial charge in [-0.3, -0.25) is 0 Å². The molecule has 102 valence electrons. The Labute approximate surface area is 110 Å². The number of aryl methyl sites for hydroxylation is 1. The molecule has 0 saturated carbocycles. The third-order valence-corrected chi connectivity index (χ3v) is 2.85. The Morgan fingerprint density at radius 1 is 1.22 bits per heavy atom. The van der Waals surface area contributed by atoms with Crippen molar-refractivity contribution in [3.8, 4) is 5.75 Å². The van der Waals surface area contributed by atoms with Crippen molar-refractivity contribution in [1.29, 1.82) is 0 Å². The summed E-state index contributed by atoms with van der Waals surface area (Å²) in [5.41, 5.74) is 1.26. The van der Waals surface area contributed by atoms with Crippen molar-refractivity contribution >= 4 is 0 Å². The second kappa shape index (κ2) is 8.95. The van der Waals surface area contributed by atoms with Crippen LogP contribution in [0.1, 0.15) is 25.3 Å². The molecule has 1 atom stereocenters. The summed E-state index contributed by atoms with van der Waals surface area (Å²) < 4.78 is 10.9. The number of hydrogen-bond donors (Lipinski definition) is 1. The summed E-state index contributed by atoms with van der Waals surface area (Å²) >= 11 is 0. The van der Waals surface area contributed by atoms with E-state index in [2.05, 4.69) is 31.3 Å². The van der Waals surface area contributed by atoms with Gasteiger partial charge in [-0.05, 0) is 38.4 Å². The predicted molar refractivity (Wildman–Crippen MR) is 75.2 cm³/mol. The molecule has 0 spiro atoms. The van der Waals surface area contributed by atoms with E-state index in [1.807, 2.05) is 12.1 Å². The van der Waals surface area contributed by atoms with Crippen LogP contribution in [0.2, 0.25) is 0 Å². The molecule has 0 aliphatic carbocycles. The van der Waals surface area contributed by atoms with Crippen LogP contribution in [0, 0.1) is 6.92 Å². The van der Waals surface area contributed by atoms with E-state index < -0.39 is 0 Å². The van der Waals surface area contributed by atoms with Gasteiger partial charge in [0, 0.05) is 20.3 Å². The first-order chi connectivity index (χ1) is 8.76. The molecule has 0 saturated heterocycles. The van der Waals surface area contributed by atoms with E-state index in [-0.39, 0.29) is 6.10 Å². The molecule has 0 amide bonds. The number of hydrogen-bond acceptors (Lipinski definition) is 3. The first-order valence-electron chi connectivity index (χ1n) is 6.69. The number of methoxy groups -OCH3 is 1. The summed E-state index contributed by atoms with van der Waals surface area (Å²) in [6.45, 7) is 6.90. The molecule has 1 rings (SSSR count).